The molecular weight excluding hydrogens is 372 g/mol. The predicted octanol–water partition coefficient (Wildman–Crippen LogP) is 4.72. The van der Waals surface area contributed by atoms with Gasteiger partial charge in [0.15, 0.2) is 0 Å². The Balaban J connectivity index is 0.00000225. The van der Waals surface area contributed by atoms with Gasteiger partial charge >= 0.3 is 0 Å². The predicted molar refractivity (Wildman–Crippen MR) is 117 cm³/mol. The highest BCUT2D eigenvalue weighted by atomic mass is 35.5. The zero-order valence-corrected chi connectivity index (χ0v) is 17.2. The summed E-state index contributed by atoms with van der Waals surface area (Å²) in [4.78, 5) is 18.3. The van der Waals surface area contributed by atoms with Crippen molar-refractivity contribution in [3.05, 3.63) is 70.9 Å². The van der Waals surface area contributed by atoms with Crippen molar-refractivity contribution in [2.45, 2.75) is 13.3 Å². The molecule has 1 N–H and O–H groups in total. The summed E-state index contributed by atoms with van der Waals surface area (Å²) in [7, 11) is 4.04. The molecule has 1 heterocycles. The molecule has 0 atom stereocenters. The first-order valence-corrected chi connectivity index (χ1v) is 9.26. The van der Waals surface area contributed by atoms with Crippen LogP contribution in [0, 0.1) is 0 Å². The number of aromatic nitrogens is 1. The van der Waals surface area contributed by atoms with Crippen molar-refractivity contribution in [3.63, 3.8) is 0 Å². The van der Waals surface area contributed by atoms with Crippen molar-refractivity contribution in [1.82, 2.24) is 9.88 Å². The smallest absolute Gasteiger partial charge is 0.209 e. The largest absolute Gasteiger partial charge is 0.492 e. The fourth-order valence-corrected chi connectivity index (χ4v) is 3.46. The van der Waals surface area contributed by atoms with Crippen LogP contribution in [0.2, 0.25) is 0 Å². The molecule has 0 spiro atoms. The Kier molecular flexibility index (Phi) is 5.92. The van der Waals surface area contributed by atoms with Gasteiger partial charge in [0.25, 0.3) is 0 Å². The van der Waals surface area contributed by atoms with Crippen LogP contribution in [0.1, 0.15) is 34.1 Å². The van der Waals surface area contributed by atoms with Crippen LogP contribution in [0.3, 0.4) is 0 Å². The van der Waals surface area contributed by atoms with E-state index in [0.29, 0.717) is 12.3 Å². The van der Waals surface area contributed by atoms with Crippen LogP contribution in [0.5, 0.6) is 5.75 Å². The number of carbonyl (C=O) groups is 1. The van der Waals surface area contributed by atoms with Gasteiger partial charge < -0.3 is 14.6 Å². The highest BCUT2D eigenvalue weighted by molar-refractivity contribution is 6.10. The number of H-pyrrole nitrogens is 1. The van der Waals surface area contributed by atoms with Gasteiger partial charge in [0.1, 0.15) is 12.4 Å². The van der Waals surface area contributed by atoms with Gasteiger partial charge in [-0.2, -0.15) is 0 Å². The zero-order valence-electron chi connectivity index (χ0n) is 16.4. The van der Waals surface area contributed by atoms with E-state index in [1.807, 2.05) is 50.5 Å². The molecule has 4 nitrogen and oxygen atoms in total. The van der Waals surface area contributed by atoms with Crippen molar-refractivity contribution in [3.8, 4) is 5.75 Å². The standard InChI is InChI=1S/C23H24N2O2.ClH/c1-15-4-5-16-6-7-17(13-20(15)16)23(26)22-14-18-12-19(8-9-21(18)24-22)27-11-10-25(2)3;/h4,6-9,12-14,24H,5,10-11H2,1-3H3;1H. The van der Waals surface area contributed by atoms with Gasteiger partial charge in [0.2, 0.25) is 5.78 Å². The Hall–Kier alpha value is -2.56. The number of ketones is 1. The molecule has 146 valence electrons. The number of nitrogens with one attached hydrogen (secondary N) is 1. The summed E-state index contributed by atoms with van der Waals surface area (Å²) in [6.45, 7) is 3.60. The van der Waals surface area contributed by atoms with E-state index in [1.54, 1.807) is 0 Å². The first-order valence-electron chi connectivity index (χ1n) is 9.26. The van der Waals surface area contributed by atoms with Crippen molar-refractivity contribution >= 4 is 34.7 Å². The van der Waals surface area contributed by atoms with Crippen LogP contribution < -0.4 is 4.74 Å². The first-order chi connectivity index (χ1) is 13.0. The molecule has 0 bridgehead atoms. The lowest BCUT2D eigenvalue weighted by Crippen LogP contribution is -2.19. The Morgan fingerprint density at radius 3 is 2.75 bits per heavy atom. The number of benzene rings is 2. The molecular formula is C23H25ClN2O2. The van der Waals surface area contributed by atoms with Crippen LogP contribution in [0.15, 0.2) is 48.5 Å². The average molecular weight is 397 g/mol. The summed E-state index contributed by atoms with van der Waals surface area (Å²) in [5, 5.41) is 0.984. The SMILES string of the molecule is CC1=CCc2ccc(C(=O)c3cc4cc(OCCN(C)C)ccc4[nH]3)cc21.Cl. The highest BCUT2D eigenvalue weighted by Crippen LogP contribution is 2.29. The molecule has 28 heavy (non-hydrogen) atoms. The Bertz CT molecular complexity index is 1050. The maximum Gasteiger partial charge on any atom is 0.209 e. The molecule has 4 rings (SSSR count). The molecule has 0 saturated heterocycles. The fraction of sp³-hybridized carbons (Fsp3) is 0.261. The second-order valence-electron chi connectivity index (χ2n) is 7.38. The second kappa shape index (κ2) is 8.21. The maximum atomic E-state index is 13.0. The monoisotopic (exact) mass is 396 g/mol. The normalized spacial score (nSPS) is 12.6. The van der Waals surface area contributed by atoms with E-state index in [1.165, 1.54) is 16.7 Å². The molecule has 0 unspecified atom stereocenters. The topological polar surface area (TPSA) is 45.3 Å². The summed E-state index contributed by atoms with van der Waals surface area (Å²) < 4.78 is 5.79. The maximum absolute atomic E-state index is 13.0. The molecule has 1 aliphatic carbocycles. The average Bonchev–Trinajstić information content (AvgIpc) is 3.24. The van der Waals surface area contributed by atoms with Crippen molar-refractivity contribution in [1.29, 1.82) is 0 Å². The molecule has 0 aliphatic heterocycles. The van der Waals surface area contributed by atoms with Gasteiger partial charge in [0.05, 0.1) is 5.69 Å². The number of aromatic amines is 1. The minimum Gasteiger partial charge on any atom is -0.492 e. The number of hydrogen-bond donors (Lipinski definition) is 1. The van der Waals surface area contributed by atoms with Crippen LogP contribution in [-0.4, -0.2) is 42.9 Å². The number of ether oxygens (including phenoxy) is 1. The fourth-order valence-electron chi connectivity index (χ4n) is 3.46. The molecule has 1 aliphatic rings. The third kappa shape index (κ3) is 3.98. The number of likely N-dealkylation sites (N-methyl/N-ethyl adjacent to an activating group) is 1. The minimum atomic E-state index is 0. The van der Waals surface area contributed by atoms with Crippen molar-refractivity contribution in [2.24, 2.45) is 0 Å². The summed E-state index contributed by atoms with van der Waals surface area (Å²) >= 11 is 0. The van der Waals surface area contributed by atoms with Gasteiger partial charge in [-0.3, -0.25) is 4.79 Å². The van der Waals surface area contributed by atoms with E-state index in [0.717, 1.165) is 35.2 Å². The number of rotatable bonds is 6. The minimum absolute atomic E-state index is 0. The summed E-state index contributed by atoms with van der Waals surface area (Å²) in [5.41, 5.74) is 5.99. The second-order valence-corrected chi connectivity index (χ2v) is 7.38. The molecule has 2 aromatic carbocycles. The first kappa shape index (κ1) is 20.2. The number of hydrogen-bond acceptors (Lipinski definition) is 3. The van der Waals surface area contributed by atoms with Crippen LogP contribution in [-0.2, 0) is 6.42 Å². The lowest BCUT2D eigenvalue weighted by atomic mass is 10.00. The molecule has 0 amide bonds. The van der Waals surface area contributed by atoms with Crippen molar-refractivity contribution < 1.29 is 9.53 Å². The van der Waals surface area contributed by atoms with E-state index >= 15 is 0 Å². The molecule has 0 radical (unpaired) electrons. The summed E-state index contributed by atoms with van der Waals surface area (Å²) in [6, 6.07) is 13.8. The Morgan fingerprint density at radius 2 is 1.96 bits per heavy atom. The van der Waals surface area contributed by atoms with E-state index < -0.39 is 0 Å². The number of halogens is 1. The quantitative estimate of drug-likeness (QED) is 0.613. The number of allylic oxidation sites excluding steroid dienone is 2. The molecule has 3 aromatic rings. The van der Waals surface area contributed by atoms with Crippen LogP contribution in [0.25, 0.3) is 16.5 Å². The van der Waals surface area contributed by atoms with Gasteiger partial charge in [-0.25, -0.2) is 0 Å². The van der Waals surface area contributed by atoms with E-state index in [2.05, 4.69) is 29.0 Å². The van der Waals surface area contributed by atoms with E-state index in [-0.39, 0.29) is 18.2 Å². The lowest BCUT2D eigenvalue weighted by molar-refractivity contribution is 0.103. The lowest BCUT2D eigenvalue weighted by Gasteiger charge is -2.10. The third-order valence-electron chi connectivity index (χ3n) is 5.07. The van der Waals surface area contributed by atoms with Crippen molar-refractivity contribution in [2.75, 3.05) is 27.2 Å². The molecule has 5 heteroatoms. The van der Waals surface area contributed by atoms with Gasteiger partial charge in [-0.05, 0) is 74.5 Å². The Labute approximate surface area is 171 Å². The van der Waals surface area contributed by atoms with Gasteiger partial charge in [-0.15, -0.1) is 12.4 Å². The van der Waals surface area contributed by atoms with E-state index in [9.17, 15) is 4.79 Å². The summed E-state index contributed by atoms with van der Waals surface area (Å²) in [6.07, 6.45) is 3.16. The third-order valence-corrected chi connectivity index (χ3v) is 5.07. The number of nitrogens with zero attached hydrogens (tertiary/aromatic N) is 1. The van der Waals surface area contributed by atoms with E-state index in [4.69, 9.17) is 4.74 Å². The van der Waals surface area contributed by atoms with Gasteiger partial charge in [-0.1, -0.05) is 18.2 Å². The Morgan fingerprint density at radius 1 is 1.14 bits per heavy atom. The highest BCUT2D eigenvalue weighted by Gasteiger charge is 2.17. The molecule has 0 saturated carbocycles. The zero-order chi connectivity index (χ0) is 19.0. The van der Waals surface area contributed by atoms with Gasteiger partial charge in [0, 0.05) is 23.0 Å². The summed E-state index contributed by atoms with van der Waals surface area (Å²) in [5.74, 6) is 0.837. The molecule has 1 aromatic heterocycles. The number of carbonyl (C=O) groups excluding carboxylic acids is 1. The molecule has 0 fully saturated rings. The van der Waals surface area contributed by atoms with Crippen LogP contribution >= 0.6 is 12.4 Å². The number of fused-ring (bicyclic) bond motifs is 2. The van der Waals surface area contributed by atoms with Crippen LogP contribution in [0.4, 0.5) is 0 Å².